The van der Waals surface area contributed by atoms with Gasteiger partial charge in [-0.1, -0.05) is 24.8 Å². The summed E-state index contributed by atoms with van der Waals surface area (Å²) in [4.78, 5) is 20.1. The van der Waals surface area contributed by atoms with E-state index in [1.807, 2.05) is 60.7 Å². The molecule has 4 aromatic rings. The predicted octanol–water partition coefficient (Wildman–Crippen LogP) is 5.29. The number of aromatic nitrogens is 2. The van der Waals surface area contributed by atoms with Crippen LogP contribution in [0.3, 0.4) is 0 Å². The van der Waals surface area contributed by atoms with Gasteiger partial charge in [0.05, 0.1) is 5.52 Å². The Labute approximate surface area is 167 Å². The quantitative estimate of drug-likeness (QED) is 0.443. The number of rotatable bonds is 6. The fraction of sp³-hybridized carbons (Fsp3) is 0. The molecule has 0 spiro atoms. The van der Waals surface area contributed by atoms with Crippen molar-refractivity contribution in [3.8, 4) is 11.5 Å². The fourth-order valence-corrected chi connectivity index (χ4v) is 2.80. The zero-order chi connectivity index (χ0) is 20.1. The van der Waals surface area contributed by atoms with Crippen molar-refractivity contribution < 1.29 is 9.53 Å². The Bertz CT molecular complexity index is 1160. The van der Waals surface area contributed by atoms with Crippen LogP contribution < -0.4 is 15.4 Å². The summed E-state index contributed by atoms with van der Waals surface area (Å²) >= 11 is 0. The Kier molecular flexibility index (Phi) is 5.16. The van der Waals surface area contributed by atoms with E-state index in [4.69, 9.17) is 4.74 Å². The molecule has 0 saturated carbocycles. The van der Waals surface area contributed by atoms with E-state index in [0.717, 1.165) is 22.6 Å². The second-order valence-corrected chi connectivity index (χ2v) is 6.21. The molecule has 0 aliphatic carbocycles. The maximum atomic E-state index is 11.5. The van der Waals surface area contributed by atoms with E-state index in [1.165, 1.54) is 12.4 Å². The molecule has 0 fully saturated rings. The Hall–Kier alpha value is -4.19. The van der Waals surface area contributed by atoms with Gasteiger partial charge in [0.15, 0.2) is 0 Å². The number of amides is 1. The first kappa shape index (κ1) is 18.2. The number of para-hydroxylation sites is 1. The number of carbonyl (C=O) groups is 1. The largest absolute Gasteiger partial charge is 0.457 e. The van der Waals surface area contributed by atoms with Gasteiger partial charge in [-0.2, -0.15) is 0 Å². The molecule has 0 saturated heterocycles. The van der Waals surface area contributed by atoms with Crippen molar-refractivity contribution >= 4 is 34.0 Å². The average Bonchev–Trinajstić information content (AvgIpc) is 2.76. The fourth-order valence-electron chi connectivity index (χ4n) is 2.80. The zero-order valence-corrected chi connectivity index (χ0v) is 15.5. The maximum absolute atomic E-state index is 11.5. The molecule has 3 aromatic carbocycles. The van der Waals surface area contributed by atoms with Crippen molar-refractivity contribution in [3.05, 3.63) is 91.8 Å². The van der Waals surface area contributed by atoms with Crippen molar-refractivity contribution in [2.75, 3.05) is 10.6 Å². The van der Waals surface area contributed by atoms with E-state index in [9.17, 15) is 4.79 Å². The van der Waals surface area contributed by atoms with Gasteiger partial charge in [-0.25, -0.2) is 9.97 Å². The molecule has 0 radical (unpaired) electrons. The second-order valence-electron chi connectivity index (χ2n) is 6.21. The minimum atomic E-state index is -0.269. The van der Waals surface area contributed by atoms with E-state index in [0.29, 0.717) is 17.0 Å². The first-order valence-corrected chi connectivity index (χ1v) is 8.99. The standard InChI is InChI=1S/C23H18N4O2/c1-2-22(28)26-17-10-13-20-21(14-17)24-15-25-23(20)27-16-8-11-19(12-9-16)29-18-6-4-3-5-7-18/h2-15H,1H2,(H,26,28)(H,24,25,27). The molecule has 0 atom stereocenters. The number of hydrogen-bond donors (Lipinski definition) is 2. The van der Waals surface area contributed by atoms with Gasteiger partial charge in [-0.15, -0.1) is 0 Å². The van der Waals surface area contributed by atoms with Crippen LogP contribution in [0.15, 0.2) is 91.8 Å². The smallest absolute Gasteiger partial charge is 0.247 e. The number of anilines is 3. The van der Waals surface area contributed by atoms with Crippen LogP contribution in [0.25, 0.3) is 10.9 Å². The minimum Gasteiger partial charge on any atom is -0.457 e. The Morgan fingerprint density at radius 1 is 0.897 bits per heavy atom. The van der Waals surface area contributed by atoms with Crippen LogP contribution in [0.2, 0.25) is 0 Å². The van der Waals surface area contributed by atoms with Crippen LogP contribution in [0.1, 0.15) is 0 Å². The average molecular weight is 382 g/mol. The zero-order valence-electron chi connectivity index (χ0n) is 15.5. The van der Waals surface area contributed by atoms with Gasteiger partial charge in [0.25, 0.3) is 0 Å². The van der Waals surface area contributed by atoms with E-state index in [2.05, 4.69) is 27.2 Å². The Morgan fingerprint density at radius 3 is 2.38 bits per heavy atom. The molecule has 1 aromatic heterocycles. The van der Waals surface area contributed by atoms with E-state index in [1.54, 1.807) is 12.1 Å². The molecular formula is C23H18N4O2. The lowest BCUT2D eigenvalue weighted by Crippen LogP contribution is -2.07. The maximum Gasteiger partial charge on any atom is 0.247 e. The number of ether oxygens (including phenoxy) is 1. The Balaban J connectivity index is 1.52. The van der Waals surface area contributed by atoms with Crippen molar-refractivity contribution in [1.82, 2.24) is 9.97 Å². The van der Waals surface area contributed by atoms with Gasteiger partial charge in [0, 0.05) is 16.8 Å². The molecule has 1 heterocycles. The summed E-state index contributed by atoms with van der Waals surface area (Å²) in [6.45, 7) is 3.45. The van der Waals surface area contributed by atoms with Crippen LogP contribution in [-0.2, 0) is 4.79 Å². The molecule has 0 aliphatic rings. The summed E-state index contributed by atoms with van der Waals surface area (Å²) in [7, 11) is 0. The topological polar surface area (TPSA) is 76.1 Å². The summed E-state index contributed by atoms with van der Waals surface area (Å²) < 4.78 is 5.81. The molecule has 29 heavy (non-hydrogen) atoms. The minimum absolute atomic E-state index is 0.269. The highest BCUT2D eigenvalue weighted by Crippen LogP contribution is 2.27. The van der Waals surface area contributed by atoms with Gasteiger partial charge in [-0.05, 0) is 60.7 Å². The number of fused-ring (bicyclic) bond motifs is 1. The van der Waals surface area contributed by atoms with E-state index in [-0.39, 0.29) is 5.91 Å². The molecule has 6 heteroatoms. The highest BCUT2D eigenvalue weighted by atomic mass is 16.5. The van der Waals surface area contributed by atoms with Crippen LogP contribution in [-0.4, -0.2) is 15.9 Å². The molecule has 0 aliphatic heterocycles. The summed E-state index contributed by atoms with van der Waals surface area (Å²) in [5.74, 6) is 1.94. The lowest BCUT2D eigenvalue weighted by atomic mass is 10.2. The molecule has 0 unspecified atom stereocenters. The first-order valence-electron chi connectivity index (χ1n) is 8.99. The van der Waals surface area contributed by atoms with Gasteiger partial charge in [0.2, 0.25) is 5.91 Å². The van der Waals surface area contributed by atoms with Crippen LogP contribution in [0, 0.1) is 0 Å². The molecule has 2 N–H and O–H groups in total. The third kappa shape index (κ3) is 4.39. The number of nitrogens with zero attached hydrogens (tertiary/aromatic N) is 2. The van der Waals surface area contributed by atoms with Crippen LogP contribution >= 0.6 is 0 Å². The summed E-state index contributed by atoms with van der Waals surface area (Å²) in [5, 5.41) is 6.87. The van der Waals surface area contributed by atoms with Gasteiger partial charge >= 0.3 is 0 Å². The highest BCUT2D eigenvalue weighted by molar-refractivity contribution is 6.01. The molecule has 1 amide bonds. The Morgan fingerprint density at radius 2 is 1.62 bits per heavy atom. The second kappa shape index (κ2) is 8.22. The van der Waals surface area contributed by atoms with Crippen LogP contribution in [0.5, 0.6) is 11.5 Å². The van der Waals surface area contributed by atoms with Gasteiger partial charge in [-0.3, -0.25) is 4.79 Å². The number of nitrogens with one attached hydrogen (secondary N) is 2. The number of benzene rings is 3. The molecule has 6 nitrogen and oxygen atoms in total. The van der Waals surface area contributed by atoms with E-state index < -0.39 is 0 Å². The SMILES string of the molecule is C=CC(=O)Nc1ccc2c(Nc3ccc(Oc4ccccc4)cc3)ncnc2c1. The summed E-state index contributed by atoms with van der Waals surface area (Å²) in [5.41, 5.74) is 2.23. The van der Waals surface area contributed by atoms with Crippen molar-refractivity contribution in [1.29, 1.82) is 0 Å². The van der Waals surface area contributed by atoms with E-state index >= 15 is 0 Å². The van der Waals surface area contributed by atoms with Crippen molar-refractivity contribution in [2.45, 2.75) is 0 Å². The molecule has 0 bridgehead atoms. The molecule has 4 rings (SSSR count). The van der Waals surface area contributed by atoms with Gasteiger partial charge < -0.3 is 15.4 Å². The van der Waals surface area contributed by atoms with Crippen molar-refractivity contribution in [2.24, 2.45) is 0 Å². The van der Waals surface area contributed by atoms with Crippen molar-refractivity contribution in [3.63, 3.8) is 0 Å². The summed E-state index contributed by atoms with van der Waals surface area (Å²) in [6, 6.07) is 22.7. The molecule has 142 valence electrons. The van der Waals surface area contributed by atoms with Crippen LogP contribution in [0.4, 0.5) is 17.2 Å². The monoisotopic (exact) mass is 382 g/mol. The number of carbonyl (C=O) groups excluding carboxylic acids is 1. The summed E-state index contributed by atoms with van der Waals surface area (Å²) in [6.07, 6.45) is 2.71. The number of hydrogen-bond acceptors (Lipinski definition) is 5. The highest BCUT2D eigenvalue weighted by Gasteiger charge is 2.07. The normalized spacial score (nSPS) is 10.3. The van der Waals surface area contributed by atoms with Gasteiger partial charge in [0.1, 0.15) is 23.6 Å². The molecular weight excluding hydrogens is 364 g/mol. The lowest BCUT2D eigenvalue weighted by molar-refractivity contribution is -0.111. The third-order valence-electron chi connectivity index (χ3n) is 4.19. The predicted molar refractivity (Wildman–Crippen MR) is 115 cm³/mol. The lowest BCUT2D eigenvalue weighted by Gasteiger charge is -2.11. The third-order valence-corrected chi connectivity index (χ3v) is 4.19. The first-order chi connectivity index (χ1) is 14.2.